The molecule has 37 heavy (non-hydrogen) atoms. The zero-order valence-corrected chi connectivity index (χ0v) is 22.1. The molecule has 0 aliphatic carbocycles. The van der Waals surface area contributed by atoms with Crippen LogP contribution in [0.1, 0.15) is 61.9 Å². The molecule has 2 atom stereocenters. The summed E-state index contributed by atoms with van der Waals surface area (Å²) < 4.78 is 69.4. The molecule has 1 amide bonds. The molecule has 0 spiro atoms. The number of nitrogens with zero attached hydrogens (tertiary/aromatic N) is 2. The number of hydrogen-bond donors (Lipinski definition) is 2. The number of rotatable bonds is 9. The predicted molar refractivity (Wildman–Crippen MR) is 139 cm³/mol. The normalized spacial score (nSPS) is 17.3. The van der Waals surface area contributed by atoms with Crippen LogP contribution in [-0.4, -0.2) is 39.8 Å². The summed E-state index contributed by atoms with van der Waals surface area (Å²) in [4.78, 5) is 18.6. The number of hydrogen-bond acceptors (Lipinski definition) is 4. The molecule has 1 aliphatic rings. The molecule has 2 N–H and O–H groups in total. The summed E-state index contributed by atoms with van der Waals surface area (Å²) in [6.07, 6.45) is -2.87. The van der Waals surface area contributed by atoms with Crippen molar-refractivity contribution in [2.24, 2.45) is 5.92 Å². The fourth-order valence-electron chi connectivity index (χ4n) is 4.04. The Hall–Kier alpha value is -2.66. The number of carbonyl (C=O) groups excluding carboxylic acids is 1. The van der Waals surface area contributed by atoms with Crippen LogP contribution in [0.3, 0.4) is 0 Å². The number of nitrogens with one attached hydrogen (secondary N) is 2. The van der Waals surface area contributed by atoms with Crippen molar-refractivity contribution in [3.63, 3.8) is 0 Å². The maximum absolute atomic E-state index is 14.6. The van der Waals surface area contributed by atoms with Gasteiger partial charge in [-0.1, -0.05) is 32.0 Å². The molecule has 2 heterocycles. The van der Waals surface area contributed by atoms with Gasteiger partial charge in [-0.2, -0.15) is 13.2 Å². The number of piperidine rings is 1. The Bertz CT molecular complexity index is 1210. The molecule has 204 valence electrons. The Morgan fingerprint density at radius 2 is 1.84 bits per heavy atom. The third-order valence-corrected chi connectivity index (χ3v) is 8.35. The van der Waals surface area contributed by atoms with Crippen LogP contribution in [0.5, 0.6) is 0 Å². The van der Waals surface area contributed by atoms with Crippen molar-refractivity contribution in [2.45, 2.75) is 58.8 Å². The highest BCUT2D eigenvalue weighted by Crippen LogP contribution is 2.32. The van der Waals surface area contributed by atoms with Gasteiger partial charge in [-0.25, -0.2) is 14.1 Å². The van der Waals surface area contributed by atoms with E-state index in [1.807, 2.05) is 4.90 Å². The highest BCUT2D eigenvalue weighted by molar-refractivity contribution is 7.98. The third kappa shape index (κ3) is 7.67. The van der Waals surface area contributed by atoms with E-state index in [2.05, 4.69) is 27.8 Å². The van der Waals surface area contributed by atoms with E-state index in [9.17, 15) is 26.6 Å². The second kappa shape index (κ2) is 11.8. The van der Waals surface area contributed by atoms with Crippen LogP contribution in [0.4, 0.5) is 23.4 Å². The van der Waals surface area contributed by atoms with Gasteiger partial charge in [-0.3, -0.25) is 9.00 Å². The summed E-state index contributed by atoms with van der Waals surface area (Å²) in [6, 6.07) is 6.69. The van der Waals surface area contributed by atoms with Gasteiger partial charge < -0.3 is 10.2 Å². The fraction of sp³-hybridized carbons (Fsp3) is 0.500. The first kappa shape index (κ1) is 28.9. The minimum atomic E-state index is -4.57. The lowest BCUT2D eigenvalue weighted by Crippen LogP contribution is -2.35. The summed E-state index contributed by atoms with van der Waals surface area (Å²) in [6.45, 7) is 6.67. The van der Waals surface area contributed by atoms with E-state index in [0.717, 1.165) is 18.9 Å². The third-order valence-electron chi connectivity index (χ3n) is 6.75. The van der Waals surface area contributed by atoms with Gasteiger partial charge in [-0.15, -0.1) is 0 Å². The zero-order valence-electron chi connectivity index (χ0n) is 21.3. The van der Waals surface area contributed by atoms with Crippen molar-refractivity contribution in [1.82, 2.24) is 15.0 Å². The minimum absolute atomic E-state index is 0.00490. The molecule has 6 nitrogen and oxygen atoms in total. The van der Waals surface area contributed by atoms with Gasteiger partial charge in [0, 0.05) is 52.8 Å². The Kier molecular flexibility index (Phi) is 9.22. The van der Waals surface area contributed by atoms with E-state index in [0.29, 0.717) is 41.5 Å². The quantitative estimate of drug-likeness (QED) is 0.358. The van der Waals surface area contributed by atoms with Crippen molar-refractivity contribution < 1.29 is 26.6 Å². The van der Waals surface area contributed by atoms with Gasteiger partial charge in [-0.05, 0) is 49.2 Å². The first-order valence-corrected chi connectivity index (χ1v) is 14.2. The summed E-state index contributed by atoms with van der Waals surface area (Å²) in [5.74, 6) is 2.98. The molecule has 2 aromatic rings. The summed E-state index contributed by atoms with van der Waals surface area (Å²) in [5, 5.41) is 2.76. The molecule has 3 rings (SSSR count). The summed E-state index contributed by atoms with van der Waals surface area (Å²) >= 11 is 0. The molecule has 0 saturated carbocycles. The average Bonchev–Trinajstić information content (AvgIpc) is 2.86. The van der Waals surface area contributed by atoms with Crippen molar-refractivity contribution in [1.29, 1.82) is 0 Å². The number of benzene rings is 1. The molecule has 1 aliphatic heterocycles. The standard InChI is InChI=1S/C26H34F4N4O2S/c1-5-37(4,36)32-16-20-7-6-19(14-22(20)27)18(3)25(35)31-15-21-8-9-23(26(28,29)30)33-24(21)34-12-10-17(2)11-13-34/h6-9,14,17-18H,4-5,10-13,15-16H2,1-3H3,(H,31,35)(H,32,36). The molecule has 1 aromatic heterocycles. The van der Waals surface area contributed by atoms with Crippen LogP contribution in [0.2, 0.25) is 0 Å². The lowest BCUT2D eigenvalue weighted by atomic mass is 9.98. The van der Waals surface area contributed by atoms with Gasteiger partial charge in [0.05, 0.1) is 5.92 Å². The molecule has 1 aromatic carbocycles. The number of anilines is 1. The molecule has 1 saturated heterocycles. The second-order valence-electron chi connectivity index (χ2n) is 9.56. The molecule has 0 bridgehead atoms. The van der Waals surface area contributed by atoms with E-state index < -0.39 is 39.2 Å². The van der Waals surface area contributed by atoms with Crippen molar-refractivity contribution in [3.8, 4) is 0 Å². The Morgan fingerprint density at radius 1 is 1.19 bits per heavy atom. The Labute approximate surface area is 216 Å². The van der Waals surface area contributed by atoms with Crippen molar-refractivity contribution in [2.75, 3.05) is 23.7 Å². The zero-order chi connectivity index (χ0) is 27.4. The van der Waals surface area contributed by atoms with Gasteiger partial charge in [0.25, 0.3) is 0 Å². The predicted octanol–water partition coefficient (Wildman–Crippen LogP) is 4.64. The smallest absolute Gasteiger partial charge is 0.356 e. The maximum atomic E-state index is 14.6. The number of pyridine rings is 1. The van der Waals surface area contributed by atoms with E-state index in [-0.39, 0.29) is 18.9 Å². The van der Waals surface area contributed by atoms with Gasteiger partial charge in [0.1, 0.15) is 17.3 Å². The summed E-state index contributed by atoms with van der Waals surface area (Å²) in [5.41, 5.74) is 0.268. The van der Waals surface area contributed by atoms with Crippen LogP contribution >= 0.6 is 0 Å². The first-order valence-electron chi connectivity index (χ1n) is 12.3. The highest BCUT2D eigenvalue weighted by Gasteiger charge is 2.34. The van der Waals surface area contributed by atoms with Crippen LogP contribution < -0.4 is 14.9 Å². The highest BCUT2D eigenvalue weighted by atomic mass is 32.2. The molecule has 11 heteroatoms. The Balaban J connectivity index is 1.71. The average molecular weight is 543 g/mol. The molecule has 0 radical (unpaired) electrons. The minimum Gasteiger partial charge on any atom is -0.356 e. The monoisotopic (exact) mass is 542 g/mol. The molecular weight excluding hydrogens is 508 g/mol. The van der Waals surface area contributed by atoms with Gasteiger partial charge in [0.2, 0.25) is 5.91 Å². The molecule has 1 fully saturated rings. The largest absolute Gasteiger partial charge is 0.433 e. The Morgan fingerprint density at radius 3 is 2.43 bits per heavy atom. The number of halogens is 4. The number of aromatic nitrogens is 1. The van der Waals surface area contributed by atoms with Crippen LogP contribution in [0.15, 0.2) is 30.3 Å². The van der Waals surface area contributed by atoms with Crippen LogP contribution in [0, 0.1) is 11.7 Å². The van der Waals surface area contributed by atoms with Gasteiger partial charge >= 0.3 is 6.18 Å². The number of carbonyl (C=O) groups is 1. The first-order chi connectivity index (χ1) is 17.3. The number of alkyl halides is 3. The maximum Gasteiger partial charge on any atom is 0.433 e. The number of amides is 1. The molecular formula is C26H34F4N4O2S. The topological polar surface area (TPSA) is 74.3 Å². The van der Waals surface area contributed by atoms with E-state index >= 15 is 0 Å². The molecule has 2 unspecified atom stereocenters. The lowest BCUT2D eigenvalue weighted by Gasteiger charge is -2.33. The lowest BCUT2D eigenvalue weighted by molar-refractivity contribution is -0.141. The summed E-state index contributed by atoms with van der Waals surface area (Å²) in [7, 11) is -2.49. The van der Waals surface area contributed by atoms with Gasteiger partial charge in [0.15, 0.2) is 0 Å². The fourth-order valence-corrected chi connectivity index (χ4v) is 4.66. The second-order valence-corrected chi connectivity index (χ2v) is 12.0. The van der Waals surface area contributed by atoms with E-state index in [4.69, 9.17) is 0 Å². The van der Waals surface area contributed by atoms with E-state index in [1.54, 1.807) is 19.9 Å². The van der Waals surface area contributed by atoms with Crippen LogP contribution in [0.25, 0.3) is 0 Å². The van der Waals surface area contributed by atoms with Crippen molar-refractivity contribution >= 4 is 27.3 Å². The van der Waals surface area contributed by atoms with Crippen LogP contribution in [-0.2, 0) is 33.8 Å². The van der Waals surface area contributed by atoms with Crippen molar-refractivity contribution in [3.05, 3.63) is 58.5 Å². The van der Waals surface area contributed by atoms with E-state index in [1.165, 1.54) is 18.2 Å². The SMILES string of the molecule is C=S(=O)(CC)NCc1ccc(C(C)C(=O)NCc2ccc(C(F)(F)F)nc2N2CCC(C)CC2)cc1F.